The molecule has 1 aromatic carbocycles. The second-order valence-electron chi connectivity index (χ2n) is 5.95. The number of carboxylic acid groups (broad SMARTS) is 1. The lowest BCUT2D eigenvalue weighted by Crippen LogP contribution is -2.44. The van der Waals surface area contributed by atoms with Crippen molar-refractivity contribution in [2.45, 2.75) is 25.3 Å². The summed E-state index contributed by atoms with van der Waals surface area (Å²) in [5, 5.41) is 18.5. The van der Waals surface area contributed by atoms with Crippen molar-refractivity contribution in [1.82, 2.24) is 4.90 Å². The first-order valence-electron chi connectivity index (χ1n) is 7.60. The van der Waals surface area contributed by atoms with Gasteiger partial charge in [0.25, 0.3) is 0 Å². The van der Waals surface area contributed by atoms with Crippen LogP contribution in [-0.2, 0) is 14.4 Å². The molecule has 7 heteroatoms. The Hall–Kier alpha value is -2.57. The van der Waals surface area contributed by atoms with Gasteiger partial charge in [0.1, 0.15) is 11.8 Å². The molecule has 0 aliphatic carbocycles. The zero-order valence-corrected chi connectivity index (χ0v) is 12.5. The largest absolute Gasteiger partial charge is 0.508 e. The number of rotatable bonds is 3. The fourth-order valence-corrected chi connectivity index (χ4v) is 3.28. The van der Waals surface area contributed by atoms with Gasteiger partial charge in [-0.1, -0.05) is 0 Å². The highest BCUT2D eigenvalue weighted by molar-refractivity contribution is 6.00. The molecule has 2 aliphatic heterocycles. The number of phenols is 1. The maximum absolute atomic E-state index is 12.6. The van der Waals surface area contributed by atoms with Crippen molar-refractivity contribution in [3.05, 3.63) is 24.3 Å². The minimum atomic E-state index is -0.990. The summed E-state index contributed by atoms with van der Waals surface area (Å²) in [6.45, 7) is 0.672. The van der Waals surface area contributed by atoms with Crippen molar-refractivity contribution >= 4 is 23.5 Å². The second-order valence-corrected chi connectivity index (χ2v) is 5.95. The Labute approximate surface area is 133 Å². The summed E-state index contributed by atoms with van der Waals surface area (Å²) in [4.78, 5) is 38.9. The summed E-state index contributed by atoms with van der Waals surface area (Å²) in [5.74, 6) is -1.83. The SMILES string of the molecule is O=C(O)C1CCCN1C(=O)C1CC(=O)N(c2ccc(O)cc2)C1. The van der Waals surface area contributed by atoms with Gasteiger partial charge in [-0.25, -0.2) is 4.79 Å². The number of amides is 2. The molecule has 2 atom stereocenters. The summed E-state index contributed by atoms with van der Waals surface area (Å²) in [7, 11) is 0. The standard InChI is InChI=1S/C16H18N2O5/c19-12-5-3-11(4-6-12)18-9-10(8-14(18)20)15(21)17-7-1-2-13(17)16(22)23/h3-6,10,13,19H,1-2,7-9H2,(H,22,23). The van der Waals surface area contributed by atoms with E-state index in [-0.39, 0.29) is 30.5 Å². The topological polar surface area (TPSA) is 98.2 Å². The Morgan fingerprint density at radius 1 is 1.17 bits per heavy atom. The lowest BCUT2D eigenvalue weighted by atomic mass is 10.1. The lowest BCUT2D eigenvalue weighted by Gasteiger charge is -2.24. The van der Waals surface area contributed by atoms with Gasteiger partial charge in [0.05, 0.1) is 5.92 Å². The van der Waals surface area contributed by atoms with Crippen molar-refractivity contribution in [2.24, 2.45) is 5.92 Å². The highest BCUT2D eigenvalue weighted by Crippen LogP contribution is 2.29. The maximum atomic E-state index is 12.6. The lowest BCUT2D eigenvalue weighted by molar-refractivity contribution is -0.149. The van der Waals surface area contributed by atoms with Crippen LogP contribution in [0.3, 0.4) is 0 Å². The number of likely N-dealkylation sites (tertiary alicyclic amines) is 1. The molecule has 2 unspecified atom stereocenters. The molecule has 0 bridgehead atoms. The molecule has 2 amide bonds. The van der Waals surface area contributed by atoms with Crippen LogP contribution in [0.5, 0.6) is 5.75 Å². The number of nitrogens with zero attached hydrogens (tertiary/aromatic N) is 2. The van der Waals surface area contributed by atoms with Crippen LogP contribution in [0.2, 0.25) is 0 Å². The molecule has 0 saturated carbocycles. The van der Waals surface area contributed by atoms with Crippen molar-refractivity contribution in [3.8, 4) is 5.75 Å². The summed E-state index contributed by atoms with van der Waals surface area (Å²) < 4.78 is 0. The fourth-order valence-electron chi connectivity index (χ4n) is 3.28. The van der Waals surface area contributed by atoms with E-state index >= 15 is 0 Å². The van der Waals surface area contributed by atoms with Gasteiger partial charge in [0, 0.05) is 25.2 Å². The van der Waals surface area contributed by atoms with Gasteiger partial charge in [-0.2, -0.15) is 0 Å². The molecule has 2 heterocycles. The summed E-state index contributed by atoms with van der Waals surface area (Å²) in [5.41, 5.74) is 0.624. The number of carboxylic acids is 1. The van der Waals surface area contributed by atoms with Crippen LogP contribution < -0.4 is 4.90 Å². The number of carbonyl (C=O) groups excluding carboxylic acids is 2. The maximum Gasteiger partial charge on any atom is 0.326 e. The first-order chi connectivity index (χ1) is 11.0. The number of phenolic OH excluding ortho intramolecular Hbond substituents is 1. The Morgan fingerprint density at radius 2 is 1.87 bits per heavy atom. The first kappa shape index (κ1) is 15.3. The highest BCUT2D eigenvalue weighted by atomic mass is 16.4. The fraction of sp³-hybridized carbons (Fsp3) is 0.438. The molecule has 2 fully saturated rings. The molecule has 0 radical (unpaired) electrons. The zero-order chi connectivity index (χ0) is 16.6. The Morgan fingerprint density at radius 3 is 2.52 bits per heavy atom. The van der Waals surface area contributed by atoms with Crippen molar-refractivity contribution < 1.29 is 24.6 Å². The van der Waals surface area contributed by atoms with E-state index in [0.29, 0.717) is 25.1 Å². The average Bonchev–Trinajstić information content (AvgIpc) is 3.14. The van der Waals surface area contributed by atoms with Gasteiger partial charge in [-0.3, -0.25) is 9.59 Å². The Bertz CT molecular complexity index is 642. The van der Waals surface area contributed by atoms with E-state index in [1.807, 2.05) is 0 Å². The van der Waals surface area contributed by atoms with Gasteiger partial charge >= 0.3 is 5.97 Å². The first-order valence-corrected chi connectivity index (χ1v) is 7.60. The molecule has 0 spiro atoms. The Balaban J connectivity index is 1.73. The number of aliphatic carboxylic acids is 1. The van der Waals surface area contributed by atoms with E-state index in [1.165, 1.54) is 21.9 Å². The predicted molar refractivity (Wildman–Crippen MR) is 80.9 cm³/mol. The molecule has 7 nitrogen and oxygen atoms in total. The van der Waals surface area contributed by atoms with E-state index in [9.17, 15) is 24.6 Å². The normalized spacial score (nSPS) is 24.3. The van der Waals surface area contributed by atoms with E-state index in [4.69, 9.17) is 0 Å². The average molecular weight is 318 g/mol. The number of benzene rings is 1. The van der Waals surface area contributed by atoms with Gasteiger partial charge in [-0.05, 0) is 37.1 Å². The van der Waals surface area contributed by atoms with Crippen LogP contribution in [-0.4, -0.2) is 52.0 Å². The number of hydrogen-bond acceptors (Lipinski definition) is 4. The third kappa shape index (κ3) is 2.86. The minimum Gasteiger partial charge on any atom is -0.508 e. The highest BCUT2D eigenvalue weighted by Gasteiger charge is 2.42. The molecule has 122 valence electrons. The van der Waals surface area contributed by atoms with Crippen LogP contribution in [0.15, 0.2) is 24.3 Å². The van der Waals surface area contributed by atoms with Crippen LogP contribution in [0, 0.1) is 5.92 Å². The molecule has 0 aromatic heterocycles. The van der Waals surface area contributed by atoms with Crippen LogP contribution in [0.25, 0.3) is 0 Å². The quantitative estimate of drug-likeness (QED) is 0.860. The third-order valence-electron chi connectivity index (χ3n) is 4.46. The molecule has 2 saturated heterocycles. The molecule has 23 heavy (non-hydrogen) atoms. The van der Waals surface area contributed by atoms with E-state index < -0.39 is 17.9 Å². The molecule has 3 rings (SSSR count). The molecule has 2 N–H and O–H groups in total. The Kier molecular flexibility index (Phi) is 3.94. The predicted octanol–water partition coefficient (Wildman–Crippen LogP) is 0.821. The minimum absolute atomic E-state index is 0.0859. The van der Waals surface area contributed by atoms with Crippen LogP contribution >= 0.6 is 0 Å². The summed E-state index contributed by atoms with van der Waals surface area (Å²) in [6.07, 6.45) is 1.22. The van der Waals surface area contributed by atoms with Crippen molar-refractivity contribution in [1.29, 1.82) is 0 Å². The van der Waals surface area contributed by atoms with E-state index in [2.05, 4.69) is 0 Å². The van der Waals surface area contributed by atoms with E-state index in [0.717, 1.165) is 0 Å². The molecule has 1 aromatic rings. The van der Waals surface area contributed by atoms with Crippen LogP contribution in [0.4, 0.5) is 5.69 Å². The third-order valence-corrected chi connectivity index (χ3v) is 4.46. The van der Waals surface area contributed by atoms with Crippen LogP contribution in [0.1, 0.15) is 19.3 Å². The van der Waals surface area contributed by atoms with E-state index in [1.54, 1.807) is 12.1 Å². The number of anilines is 1. The molecular weight excluding hydrogens is 300 g/mol. The number of carbonyl (C=O) groups is 3. The van der Waals surface area contributed by atoms with Gasteiger partial charge in [-0.15, -0.1) is 0 Å². The van der Waals surface area contributed by atoms with Crippen molar-refractivity contribution in [3.63, 3.8) is 0 Å². The molecule has 2 aliphatic rings. The van der Waals surface area contributed by atoms with Crippen molar-refractivity contribution in [2.75, 3.05) is 18.0 Å². The molecular formula is C16H18N2O5. The number of aromatic hydroxyl groups is 1. The zero-order valence-electron chi connectivity index (χ0n) is 12.5. The monoisotopic (exact) mass is 318 g/mol. The van der Waals surface area contributed by atoms with Gasteiger partial charge < -0.3 is 20.0 Å². The van der Waals surface area contributed by atoms with Gasteiger partial charge in [0.2, 0.25) is 11.8 Å². The summed E-state index contributed by atoms with van der Waals surface area (Å²) >= 11 is 0. The second kappa shape index (κ2) is 5.91. The number of hydrogen-bond donors (Lipinski definition) is 2. The smallest absolute Gasteiger partial charge is 0.326 e. The van der Waals surface area contributed by atoms with Gasteiger partial charge in [0.15, 0.2) is 0 Å². The summed E-state index contributed by atoms with van der Waals surface area (Å²) in [6, 6.07) is 5.43.